The first-order valence-corrected chi connectivity index (χ1v) is 6.03. The van der Waals surface area contributed by atoms with Crippen LogP contribution in [0, 0.1) is 0 Å². The third kappa shape index (κ3) is 2.18. The smallest absolute Gasteiger partial charge is 0.137 e. The Morgan fingerprint density at radius 1 is 1.21 bits per heavy atom. The van der Waals surface area contributed by atoms with Crippen LogP contribution in [-0.4, -0.2) is 21.6 Å². The molecule has 0 unspecified atom stereocenters. The summed E-state index contributed by atoms with van der Waals surface area (Å²) in [5.41, 5.74) is 3.61. The fourth-order valence-corrected chi connectivity index (χ4v) is 2.05. The van der Waals surface area contributed by atoms with E-state index in [2.05, 4.69) is 4.98 Å². The number of nitrogens with zero attached hydrogens (tertiary/aromatic N) is 2. The van der Waals surface area contributed by atoms with E-state index in [1.54, 1.807) is 7.11 Å². The van der Waals surface area contributed by atoms with E-state index in [4.69, 9.17) is 9.84 Å². The maximum atomic E-state index is 9.14. The van der Waals surface area contributed by atoms with E-state index in [0.29, 0.717) is 0 Å². The average molecular weight is 254 g/mol. The molecule has 0 spiro atoms. The van der Waals surface area contributed by atoms with Crippen molar-refractivity contribution >= 4 is 5.65 Å². The van der Waals surface area contributed by atoms with Crippen molar-refractivity contribution in [2.24, 2.45) is 0 Å². The monoisotopic (exact) mass is 254 g/mol. The topological polar surface area (TPSA) is 46.8 Å². The summed E-state index contributed by atoms with van der Waals surface area (Å²) in [6, 6.07) is 11.6. The van der Waals surface area contributed by atoms with Gasteiger partial charge in [0, 0.05) is 18.0 Å². The van der Waals surface area contributed by atoms with Crippen LogP contribution < -0.4 is 4.74 Å². The van der Waals surface area contributed by atoms with Gasteiger partial charge in [-0.3, -0.25) is 0 Å². The Morgan fingerprint density at radius 3 is 2.89 bits per heavy atom. The van der Waals surface area contributed by atoms with Crippen molar-refractivity contribution in [3.05, 3.63) is 54.4 Å². The molecular formula is C15H14N2O2. The summed E-state index contributed by atoms with van der Waals surface area (Å²) in [7, 11) is 1.65. The van der Waals surface area contributed by atoms with Crippen LogP contribution in [0.2, 0.25) is 0 Å². The number of hydrogen-bond acceptors (Lipinski definition) is 3. The number of ether oxygens (including phenoxy) is 1. The van der Waals surface area contributed by atoms with Crippen LogP contribution in [0.15, 0.2) is 48.8 Å². The number of methoxy groups -OCH3 is 1. The van der Waals surface area contributed by atoms with Crippen molar-refractivity contribution in [1.29, 1.82) is 0 Å². The zero-order chi connectivity index (χ0) is 13.2. The summed E-state index contributed by atoms with van der Waals surface area (Å²) >= 11 is 0. The van der Waals surface area contributed by atoms with Gasteiger partial charge in [-0.15, -0.1) is 0 Å². The van der Waals surface area contributed by atoms with Crippen molar-refractivity contribution < 1.29 is 9.84 Å². The van der Waals surface area contributed by atoms with Gasteiger partial charge >= 0.3 is 0 Å². The molecule has 0 fully saturated rings. The van der Waals surface area contributed by atoms with Crippen LogP contribution in [0.3, 0.4) is 0 Å². The lowest BCUT2D eigenvalue weighted by Crippen LogP contribution is -1.88. The molecular weight excluding hydrogens is 240 g/mol. The van der Waals surface area contributed by atoms with Gasteiger partial charge in [0.2, 0.25) is 0 Å². The van der Waals surface area contributed by atoms with Crippen LogP contribution in [0.4, 0.5) is 0 Å². The number of aliphatic hydroxyl groups excluding tert-OH is 1. The van der Waals surface area contributed by atoms with Gasteiger partial charge in [0.25, 0.3) is 0 Å². The Labute approximate surface area is 110 Å². The largest absolute Gasteiger partial charge is 0.497 e. The second kappa shape index (κ2) is 4.74. The number of rotatable bonds is 3. The highest BCUT2D eigenvalue weighted by Crippen LogP contribution is 2.23. The third-order valence-corrected chi connectivity index (χ3v) is 3.06. The van der Waals surface area contributed by atoms with Gasteiger partial charge in [0.05, 0.1) is 19.4 Å². The third-order valence-electron chi connectivity index (χ3n) is 3.06. The molecule has 0 aliphatic heterocycles. The van der Waals surface area contributed by atoms with E-state index >= 15 is 0 Å². The Morgan fingerprint density at radius 2 is 2.11 bits per heavy atom. The lowest BCUT2D eigenvalue weighted by atomic mass is 10.1. The number of hydrogen-bond donors (Lipinski definition) is 1. The first-order chi connectivity index (χ1) is 9.30. The fraction of sp³-hybridized carbons (Fsp3) is 0.133. The summed E-state index contributed by atoms with van der Waals surface area (Å²) in [5.74, 6) is 0.811. The second-order valence-corrected chi connectivity index (χ2v) is 4.32. The molecule has 0 radical (unpaired) electrons. The van der Waals surface area contributed by atoms with Gasteiger partial charge in [0.1, 0.15) is 11.4 Å². The molecule has 1 aromatic carbocycles. The SMILES string of the molecule is COc1cccc(-c2cn3cc(CO)ccc3n2)c1. The van der Waals surface area contributed by atoms with E-state index in [1.165, 1.54) is 0 Å². The molecule has 2 heterocycles. The number of aliphatic hydroxyl groups is 1. The minimum absolute atomic E-state index is 0.0304. The normalized spacial score (nSPS) is 10.8. The molecule has 2 aromatic heterocycles. The van der Waals surface area contributed by atoms with Gasteiger partial charge in [0.15, 0.2) is 0 Å². The number of imidazole rings is 1. The molecule has 0 saturated carbocycles. The van der Waals surface area contributed by atoms with Gasteiger partial charge in [-0.25, -0.2) is 4.98 Å². The summed E-state index contributed by atoms with van der Waals surface area (Å²) in [6.07, 6.45) is 3.83. The zero-order valence-electron chi connectivity index (χ0n) is 10.6. The molecule has 19 heavy (non-hydrogen) atoms. The predicted molar refractivity (Wildman–Crippen MR) is 73.1 cm³/mol. The van der Waals surface area contributed by atoms with Gasteiger partial charge in [-0.05, 0) is 23.8 Å². The maximum absolute atomic E-state index is 9.14. The van der Waals surface area contributed by atoms with Crippen molar-refractivity contribution in [2.45, 2.75) is 6.61 Å². The highest BCUT2D eigenvalue weighted by Gasteiger charge is 2.05. The van der Waals surface area contributed by atoms with Crippen LogP contribution in [0.25, 0.3) is 16.9 Å². The number of pyridine rings is 1. The summed E-state index contributed by atoms with van der Waals surface area (Å²) in [5, 5.41) is 9.14. The van der Waals surface area contributed by atoms with E-state index < -0.39 is 0 Å². The minimum Gasteiger partial charge on any atom is -0.497 e. The van der Waals surface area contributed by atoms with Crippen LogP contribution in [0.5, 0.6) is 5.75 Å². The van der Waals surface area contributed by atoms with Crippen LogP contribution in [-0.2, 0) is 6.61 Å². The standard InChI is InChI=1S/C15H14N2O2/c1-19-13-4-2-3-12(7-13)14-9-17-8-11(10-18)5-6-15(17)16-14/h2-9,18H,10H2,1H3. The number of aromatic nitrogens is 2. The maximum Gasteiger partial charge on any atom is 0.137 e. The molecule has 0 aliphatic rings. The predicted octanol–water partition coefficient (Wildman–Crippen LogP) is 2.50. The molecule has 4 heteroatoms. The Hall–Kier alpha value is -2.33. The summed E-state index contributed by atoms with van der Waals surface area (Å²) in [4.78, 5) is 4.56. The van der Waals surface area contributed by atoms with Crippen molar-refractivity contribution in [2.75, 3.05) is 7.11 Å². The van der Waals surface area contributed by atoms with Gasteiger partial charge < -0.3 is 14.2 Å². The molecule has 3 rings (SSSR count). The molecule has 3 aromatic rings. The molecule has 0 bridgehead atoms. The lowest BCUT2D eigenvalue weighted by molar-refractivity contribution is 0.281. The van der Waals surface area contributed by atoms with E-state index in [9.17, 15) is 0 Å². The fourth-order valence-electron chi connectivity index (χ4n) is 2.05. The highest BCUT2D eigenvalue weighted by atomic mass is 16.5. The molecule has 0 amide bonds. The lowest BCUT2D eigenvalue weighted by Gasteiger charge is -2.00. The Balaban J connectivity index is 2.09. The first kappa shape index (κ1) is 11.7. The molecule has 0 aliphatic carbocycles. The van der Waals surface area contributed by atoms with E-state index in [0.717, 1.165) is 28.2 Å². The van der Waals surface area contributed by atoms with Gasteiger partial charge in [-0.2, -0.15) is 0 Å². The first-order valence-electron chi connectivity index (χ1n) is 6.03. The molecule has 0 atom stereocenters. The quantitative estimate of drug-likeness (QED) is 0.781. The van der Waals surface area contributed by atoms with E-state index in [1.807, 2.05) is 53.2 Å². The second-order valence-electron chi connectivity index (χ2n) is 4.32. The van der Waals surface area contributed by atoms with Crippen molar-refractivity contribution in [3.63, 3.8) is 0 Å². The minimum atomic E-state index is 0.0304. The van der Waals surface area contributed by atoms with Crippen molar-refractivity contribution in [1.82, 2.24) is 9.38 Å². The number of benzene rings is 1. The molecule has 96 valence electrons. The Bertz CT molecular complexity index is 719. The molecule has 1 N–H and O–H groups in total. The summed E-state index contributed by atoms with van der Waals surface area (Å²) in [6.45, 7) is 0.0304. The molecule has 0 saturated heterocycles. The van der Waals surface area contributed by atoms with Crippen molar-refractivity contribution in [3.8, 4) is 17.0 Å². The van der Waals surface area contributed by atoms with Crippen LogP contribution in [0.1, 0.15) is 5.56 Å². The number of fused-ring (bicyclic) bond motifs is 1. The highest BCUT2D eigenvalue weighted by molar-refractivity contribution is 5.64. The molecule has 4 nitrogen and oxygen atoms in total. The summed E-state index contributed by atoms with van der Waals surface area (Å²) < 4.78 is 7.14. The van der Waals surface area contributed by atoms with Gasteiger partial charge in [-0.1, -0.05) is 18.2 Å². The Kier molecular flexibility index (Phi) is 2.93. The average Bonchev–Trinajstić information content (AvgIpc) is 2.90. The van der Waals surface area contributed by atoms with Crippen LogP contribution >= 0.6 is 0 Å². The zero-order valence-corrected chi connectivity index (χ0v) is 10.6. The van der Waals surface area contributed by atoms with E-state index in [-0.39, 0.29) is 6.61 Å².